The summed E-state index contributed by atoms with van der Waals surface area (Å²) in [6.07, 6.45) is 1.38. The fourth-order valence-electron chi connectivity index (χ4n) is 1.46. The molecule has 0 aliphatic carbocycles. The average molecular weight is 161 g/mol. The molecule has 0 aromatic heterocycles. The molecule has 12 heavy (non-hydrogen) atoms. The Labute approximate surface area is 73.0 Å². The Kier molecular flexibility index (Phi) is 2.00. The molecule has 1 N–H and O–H groups in total. The standard InChI is InChI=1S/C10H13N2/c1-2-10-11-7-8-5-3-4-6-9(8)12-10/h3-6,10-11H,2,7H2,1H3. The van der Waals surface area contributed by atoms with Crippen LogP contribution in [0.15, 0.2) is 24.3 Å². The highest BCUT2D eigenvalue weighted by Crippen LogP contribution is 2.19. The molecule has 0 spiro atoms. The summed E-state index contributed by atoms with van der Waals surface area (Å²) in [5.41, 5.74) is 2.46. The lowest BCUT2D eigenvalue weighted by Gasteiger charge is -2.24. The SMILES string of the molecule is CCC1[N]c2ccccc2CN1. The predicted octanol–water partition coefficient (Wildman–Crippen LogP) is 1.76. The fourth-order valence-corrected chi connectivity index (χ4v) is 1.46. The summed E-state index contributed by atoms with van der Waals surface area (Å²) in [5.74, 6) is 0. The molecular weight excluding hydrogens is 148 g/mol. The van der Waals surface area contributed by atoms with Crippen LogP contribution in [0.4, 0.5) is 5.69 Å². The molecule has 2 heteroatoms. The van der Waals surface area contributed by atoms with E-state index < -0.39 is 0 Å². The Balaban J connectivity index is 2.23. The monoisotopic (exact) mass is 161 g/mol. The van der Waals surface area contributed by atoms with Gasteiger partial charge in [0.2, 0.25) is 0 Å². The molecule has 63 valence electrons. The zero-order valence-corrected chi connectivity index (χ0v) is 7.25. The first-order valence-corrected chi connectivity index (χ1v) is 4.42. The molecule has 1 aliphatic rings. The van der Waals surface area contributed by atoms with Gasteiger partial charge in [0.1, 0.15) is 6.17 Å². The van der Waals surface area contributed by atoms with Gasteiger partial charge in [-0.3, -0.25) is 10.6 Å². The number of nitrogens with one attached hydrogen (secondary N) is 1. The van der Waals surface area contributed by atoms with Crippen molar-refractivity contribution in [1.82, 2.24) is 10.6 Å². The Morgan fingerprint density at radius 1 is 1.50 bits per heavy atom. The van der Waals surface area contributed by atoms with Crippen LogP contribution in [0.25, 0.3) is 0 Å². The number of para-hydroxylation sites is 1. The number of hydrogen-bond donors (Lipinski definition) is 1. The highest BCUT2D eigenvalue weighted by molar-refractivity contribution is 5.46. The van der Waals surface area contributed by atoms with Gasteiger partial charge in [0.05, 0.1) is 5.69 Å². The predicted molar refractivity (Wildman–Crippen MR) is 49.2 cm³/mol. The van der Waals surface area contributed by atoms with E-state index in [0.717, 1.165) is 18.7 Å². The molecule has 1 aromatic rings. The van der Waals surface area contributed by atoms with Gasteiger partial charge in [0.15, 0.2) is 0 Å². The van der Waals surface area contributed by atoms with Crippen molar-refractivity contribution in [2.45, 2.75) is 26.1 Å². The van der Waals surface area contributed by atoms with Crippen LogP contribution < -0.4 is 10.6 Å². The van der Waals surface area contributed by atoms with Gasteiger partial charge in [0.25, 0.3) is 0 Å². The first-order valence-electron chi connectivity index (χ1n) is 4.42. The molecular formula is C10H13N2. The first-order chi connectivity index (χ1) is 5.90. The zero-order valence-electron chi connectivity index (χ0n) is 7.25. The molecule has 1 atom stereocenters. The molecule has 1 radical (unpaired) electrons. The first kappa shape index (κ1) is 7.62. The summed E-state index contributed by atoms with van der Waals surface area (Å²) in [6, 6.07) is 8.30. The van der Waals surface area contributed by atoms with E-state index in [0.29, 0.717) is 6.17 Å². The summed E-state index contributed by atoms with van der Waals surface area (Å²) >= 11 is 0. The zero-order chi connectivity index (χ0) is 8.39. The van der Waals surface area contributed by atoms with E-state index in [1.807, 2.05) is 6.07 Å². The van der Waals surface area contributed by atoms with E-state index in [4.69, 9.17) is 0 Å². The van der Waals surface area contributed by atoms with E-state index >= 15 is 0 Å². The maximum Gasteiger partial charge on any atom is 0.100 e. The van der Waals surface area contributed by atoms with E-state index in [1.165, 1.54) is 5.56 Å². The number of benzene rings is 1. The van der Waals surface area contributed by atoms with Crippen LogP contribution >= 0.6 is 0 Å². The molecule has 1 aliphatic heterocycles. The molecule has 1 unspecified atom stereocenters. The quantitative estimate of drug-likeness (QED) is 0.667. The van der Waals surface area contributed by atoms with E-state index in [2.05, 4.69) is 35.8 Å². The van der Waals surface area contributed by atoms with Crippen LogP contribution in [-0.2, 0) is 6.54 Å². The van der Waals surface area contributed by atoms with Crippen molar-refractivity contribution in [3.8, 4) is 0 Å². The van der Waals surface area contributed by atoms with Crippen LogP contribution in [0.2, 0.25) is 0 Å². The Morgan fingerprint density at radius 3 is 3.17 bits per heavy atom. The van der Waals surface area contributed by atoms with E-state index in [1.54, 1.807) is 0 Å². The van der Waals surface area contributed by atoms with Gasteiger partial charge < -0.3 is 0 Å². The van der Waals surface area contributed by atoms with Crippen molar-refractivity contribution in [1.29, 1.82) is 0 Å². The lowest BCUT2D eigenvalue weighted by atomic mass is 10.1. The summed E-state index contributed by atoms with van der Waals surface area (Å²) in [4.78, 5) is 0. The minimum atomic E-state index is 0.319. The van der Waals surface area contributed by atoms with Crippen molar-refractivity contribution in [3.05, 3.63) is 29.8 Å². The van der Waals surface area contributed by atoms with Crippen molar-refractivity contribution in [2.24, 2.45) is 0 Å². The third-order valence-electron chi connectivity index (χ3n) is 2.20. The number of rotatable bonds is 1. The Bertz CT molecular complexity index is 270. The molecule has 0 bridgehead atoms. The van der Waals surface area contributed by atoms with Crippen LogP contribution in [0.5, 0.6) is 0 Å². The molecule has 0 saturated carbocycles. The minimum absolute atomic E-state index is 0.319. The average Bonchev–Trinajstić information content (AvgIpc) is 2.17. The maximum absolute atomic E-state index is 4.55. The maximum atomic E-state index is 4.55. The second kappa shape index (κ2) is 3.15. The van der Waals surface area contributed by atoms with Gasteiger partial charge in [-0.15, -0.1) is 0 Å². The second-order valence-electron chi connectivity index (χ2n) is 3.06. The summed E-state index contributed by atoms with van der Waals surface area (Å²) in [5, 5.41) is 7.91. The van der Waals surface area contributed by atoms with Gasteiger partial charge >= 0.3 is 0 Å². The number of hydrogen-bond acceptors (Lipinski definition) is 1. The Morgan fingerprint density at radius 2 is 2.33 bits per heavy atom. The van der Waals surface area contributed by atoms with Crippen molar-refractivity contribution >= 4 is 5.69 Å². The third kappa shape index (κ3) is 1.30. The normalized spacial score (nSPS) is 21.2. The Hall–Kier alpha value is -1.02. The summed E-state index contributed by atoms with van der Waals surface area (Å²) in [7, 11) is 0. The molecule has 1 heterocycles. The molecule has 0 amide bonds. The lowest BCUT2D eigenvalue weighted by Crippen LogP contribution is -2.38. The summed E-state index contributed by atoms with van der Waals surface area (Å²) in [6.45, 7) is 3.10. The van der Waals surface area contributed by atoms with Crippen LogP contribution in [0, 0.1) is 0 Å². The second-order valence-corrected chi connectivity index (χ2v) is 3.06. The van der Waals surface area contributed by atoms with Crippen molar-refractivity contribution in [2.75, 3.05) is 0 Å². The molecule has 0 saturated heterocycles. The fraction of sp³-hybridized carbons (Fsp3) is 0.400. The van der Waals surface area contributed by atoms with Gasteiger partial charge in [0, 0.05) is 6.54 Å². The number of fused-ring (bicyclic) bond motifs is 1. The lowest BCUT2D eigenvalue weighted by molar-refractivity contribution is 0.432. The summed E-state index contributed by atoms with van der Waals surface area (Å²) < 4.78 is 0. The highest BCUT2D eigenvalue weighted by Gasteiger charge is 2.15. The van der Waals surface area contributed by atoms with Gasteiger partial charge in [-0.25, -0.2) is 0 Å². The molecule has 2 rings (SSSR count). The van der Waals surface area contributed by atoms with Gasteiger partial charge in [-0.2, -0.15) is 0 Å². The topological polar surface area (TPSA) is 26.1 Å². The van der Waals surface area contributed by atoms with E-state index in [-0.39, 0.29) is 0 Å². The van der Waals surface area contributed by atoms with Crippen molar-refractivity contribution < 1.29 is 0 Å². The third-order valence-corrected chi connectivity index (χ3v) is 2.20. The van der Waals surface area contributed by atoms with Gasteiger partial charge in [-0.1, -0.05) is 25.1 Å². The van der Waals surface area contributed by atoms with Crippen LogP contribution in [0.3, 0.4) is 0 Å². The van der Waals surface area contributed by atoms with Crippen LogP contribution in [-0.4, -0.2) is 6.17 Å². The van der Waals surface area contributed by atoms with Gasteiger partial charge in [-0.05, 0) is 18.1 Å². The molecule has 2 nitrogen and oxygen atoms in total. The minimum Gasteiger partial charge on any atom is -0.292 e. The number of nitrogens with zero attached hydrogens (tertiary/aromatic N) is 1. The van der Waals surface area contributed by atoms with E-state index in [9.17, 15) is 0 Å². The highest BCUT2D eigenvalue weighted by atomic mass is 15.1. The van der Waals surface area contributed by atoms with Crippen LogP contribution in [0.1, 0.15) is 18.9 Å². The molecule has 0 fully saturated rings. The molecule has 1 aromatic carbocycles. The van der Waals surface area contributed by atoms with Crippen molar-refractivity contribution in [3.63, 3.8) is 0 Å². The smallest absolute Gasteiger partial charge is 0.100 e. The largest absolute Gasteiger partial charge is 0.292 e.